The average molecular weight is 349 g/mol. The third kappa shape index (κ3) is 5.35. The number of carbonyl (C=O) groups is 2. The molecule has 0 heterocycles. The lowest BCUT2D eigenvalue weighted by Gasteiger charge is -2.10. The lowest BCUT2D eigenvalue weighted by molar-refractivity contribution is -0.126. The van der Waals surface area contributed by atoms with Gasteiger partial charge in [-0.3, -0.25) is 9.59 Å². The summed E-state index contributed by atoms with van der Waals surface area (Å²) in [5, 5.41) is 5.89. The summed E-state index contributed by atoms with van der Waals surface area (Å²) >= 11 is 5.99. The number of hydrogen-bond acceptors (Lipinski definition) is 2. The average Bonchev–Trinajstić information content (AvgIpc) is 2.53. The van der Waals surface area contributed by atoms with Crippen molar-refractivity contribution in [3.63, 3.8) is 0 Å². The van der Waals surface area contributed by atoms with Gasteiger partial charge in [-0.1, -0.05) is 29.8 Å². The minimum absolute atomic E-state index is 0.268. The van der Waals surface area contributed by atoms with Gasteiger partial charge in [-0.2, -0.15) is 0 Å². The quantitative estimate of drug-likeness (QED) is 0.785. The number of carbonyl (C=O) groups excluding carboxylic acids is 2. The molecule has 0 bridgehead atoms. The molecule has 0 spiro atoms. The van der Waals surface area contributed by atoms with Gasteiger partial charge in [0.1, 0.15) is 12.2 Å². The molecule has 0 saturated heterocycles. The second kappa shape index (κ2) is 8.45. The van der Waals surface area contributed by atoms with Crippen molar-refractivity contribution >= 4 is 29.1 Å². The summed E-state index contributed by atoms with van der Waals surface area (Å²) in [6.07, 6.45) is 0.302. The zero-order valence-corrected chi connectivity index (χ0v) is 14.0. The van der Waals surface area contributed by atoms with Gasteiger partial charge in [0.2, 0.25) is 11.8 Å². The predicted molar refractivity (Wildman–Crippen MR) is 92.5 cm³/mol. The molecule has 6 heteroatoms. The predicted octanol–water partition coefficient (Wildman–Crippen LogP) is 3.48. The van der Waals surface area contributed by atoms with Crippen LogP contribution in [-0.4, -0.2) is 18.4 Å². The smallest absolute Gasteiger partial charge is 0.233 e. The summed E-state index contributed by atoms with van der Waals surface area (Å²) in [5.74, 6) is -1.07. The number of rotatable bonds is 6. The number of anilines is 1. The topological polar surface area (TPSA) is 58.2 Å². The van der Waals surface area contributed by atoms with E-state index in [0.717, 1.165) is 11.1 Å². The highest BCUT2D eigenvalue weighted by Crippen LogP contribution is 2.22. The van der Waals surface area contributed by atoms with Crippen LogP contribution in [0.4, 0.5) is 10.1 Å². The minimum atomic E-state index is -0.403. The standard InChI is InChI=1S/C18H18ClFN2O2/c1-12-15(19)3-2-4-16(12)22-18(24)11-17(23)21-10-9-13-5-7-14(20)8-6-13/h2-8H,9-11H2,1H3,(H,21,23)(H,22,24). The van der Waals surface area contributed by atoms with E-state index in [1.165, 1.54) is 12.1 Å². The van der Waals surface area contributed by atoms with Crippen LogP contribution in [0.1, 0.15) is 17.5 Å². The summed E-state index contributed by atoms with van der Waals surface area (Å²) in [4.78, 5) is 23.7. The van der Waals surface area contributed by atoms with Crippen molar-refractivity contribution in [3.8, 4) is 0 Å². The number of halogens is 2. The number of amides is 2. The SMILES string of the molecule is Cc1c(Cl)cccc1NC(=O)CC(=O)NCCc1ccc(F)cc1. The molecule has 0 aromatic heterocycles. The Kier molecular flexibility index (Phi) is 6.32. The van der Waals surface area contributed by atoms with E-state index in [-0.39, 0.29) is 18.1 Å². The molecule has 2 aromatic rings. The van der Waals surface area contributed by atoms with Crippen LogP contribution in [0.25, 0.3) is 0 Å². The summed E-state index contributed by atoms with van der Waals surface area (Å²) < 4.78 is 12.8. The molecule has 0 radical (unpaired) electrons. The Morgan fingerprint density at radius 1 is 1.08 bits per heavy atom. The molecule has 2 N–H and O–H groups in total. The van der Waals surface area contributed by atoms with E-state index in [9.17, 15) is 14.0 Å². The molecule has 2 amide bonds. The maximum atomic E-state index is 12.8. The minimum Gasteiger partial charge on any atom is -0.355 e. The van der Waals surface area contributed by atoms with Crippen LogP contribution in [0.2, 0.25) is 5.02 Å². The van der Waals surface area contributed by atoms with Crippen molar-refractivity contribution in [3.05, 3.63) is 64.4 Å². The van der Waals surface area contributed by atoms with E-state index in [1.807, 2.05) is 0 Å². The Labute approximate surface area is 145 Å². The fourth-order valence-electron chi connectivity index (χ4n) is 2.14. The van der Waals surface area contributed by atoms with Gasteiger partial charge in [-0.15, -0.1) is 0 Å². The zero-order chi connectivity index (χ0) is 17.5. The van der Waals surface area contributed by atoms with E-state index in [1.54, 1.807) is 37.3 Å². The van der Waals surface area contributed by atoms with Crippen LogP contribution in [0.15, 0.2) is 42.5 Å². The van der Waals surface area contributed by atoms with Crippen molar-refractivity contribution in [1.29, 1.82) is 0 Å². The van der Waals surface area contributed by atoms with Crippen molar-refractivity contribution in [2.45, 2.75) is 19.8 Å². The molecule has 0 fully saturated rings. The van der Waals surface area contributed by atoms with E-state index in [2.05, 4.69) is 10.6 Å². The van der Waals surface area contributed by atoms with Crippen LogP contribution in [0.3, 0.4) is 0 Å². The Hall–Kier alpha value is -2.40. The second-order valence-electron chi connectivity index (χ2n) is 5.36. The zero-order valence-electron chi connectivity index (χ0n) is 13.2. The normalized spacial score (nSPS) is 10.3. The number of hydrogen-bond donors (Lipinski definition) is 2. The van der Waals surface area contributed by atoms with E-state index in [4.69, 9.17) is 11.6 Å². The molecule has 0 aliphatic carbocycles. The fraction of sp³-hybridized carbons (Fsp3) is 0.222. The van der Waals surface area contributed by atoms with E-state index >= 15 is 0 Å². The summed E-state index contributed by atoms with van der Waals surface area (Å²) in [7, 11) is 0. The molecule has 0 saturated carbocycles. The maximum absolute atomic E-state index is 12.8. The lowest BCUT2D eigenvalue weighted by Crippen LogP contribution is -2.29. The molecule has 126 valence electrons. The van der Waals surface area contributed by atoms with Gasteiger partial charge in [-0.05, 0) is 48.7 Å². The molecule has 0 unspecified atom stereocenters. The number of nitrogens with one attached hydrogen (secondary N) is 2. The molecule has 24 heavy (non-hydrogen) atoms. The van der Waals surface area contributed by atoms with Crippen LogP contribution >= 0.6 is 11.6 Å². The summed E-state index contributed by atoms with van der Waals surface area (Å²) in [6.45, 7) is 2.18. The lowest BCUT2D eigenvalue weighted by atomic mass is 10.1. The van der Waals surface area contributed by atoms with E-state index < -0.39 is 5.91 Å². The van der Waals surface area contributed by atoms with Gasteiger partial charge in [-0.25, -0.2) is 4.39 Å². The first-order valence-corrected chi connectivity index (χ1v) is 7.89. The highest BCUT2D eigenvalue weighted by atomic mass is 35.5. The van der Waals surface area contributed by atoms with Gasteiger partial charge >= 0.3 is 0 Å². The van der Waals surface area contributed by atoms with Gasteiger partial charge in [0.05, 0.1) is 0 Å². The first-order chi connectivity index (χ1) is 11.5. The Morgan fingerprint density at radius 3 is 2.50 bits per heavy atom. The van der Waals surface area contributed by atoms with Gasteiger partial charge in [0.15, 0.2) is 0 Å². The summed E-state index contributed by atoms with van der Waals surface area (Å²) in [5.41, 5.74) is 2.26. The fourth-order valence-corrected chi connectivity index (χ4v) is 2.32. The molecule has 0 aliphatic heterocycles. The van der Waals surface area contributed by atoms with Gasteiger partial charge < -0.3 is 10.6 Å². The van der Waals surface area contributed by atoms with Gasteiger partial charge in [0.25, 0.3) is 0 Å². The van der Waals surface area contributed by atoms with Crippen LogP contribution in [0.5, 0.6) is 0 Å². The van der Waals surface area contributed by atoms with Crippen LogP contribution in [-0.2, 0) is 16.0 Å². The van der Waals surface area contributed by atoms with Crippen molar-refractivity contribution < 1.29 is 14.0 Å². The Balaban J connectivity index is 1.76. The van der Waals surface area contributed by atoms with Crippen molar-refractivity contribution in [2.75, 3.05) is 11.9 Å². The van der Waals surface area contributed by atoms with Crippen LogP contribution < -0.4 is 10.6 Å². The summed E-state index contributed by atoms with van der Waals surface area (Å²) in [6, 6.07) is 11.3. The molecular formula is C18H18ClFN2O2. The molecule has 4 nitrogen and oxygen atoms in total. The monoisotopic (exact) mass is 348 g/mol. The molecule has 0 aliphatic rings. The first kappa shape index (κ1) is 17.9. The Bertz CT molecular complexity index is 732. The van der Waals surface area contributed by atoms with E-state index in [0.29, 0.717) is 23.7 Å². The Morgan fingerprint density at radius 2 is 1.79 bits per heavy atom. The van der Waals surface area contributed by atoms with Crippen LogP contribution in [0, 0.1) is 12.7 Å². The highest BCUT2D eigenvalue weighted by Gasteiger charge is 2.11. The third-order valence-electron chi connectivity index (χ3n) is 3.51. The van der Waals surface area contributed by atoms with Crippen molar-refractivity contribution in [2.24, 2.45) is 0 Å². The third-order valence-corrected chi connectivity index (χ3v) is 3.92. The first-order valence-electron chi connectivity index (χ1n) is 7.52. The van der Waals surface area contributed by atoms with Gasteiger partial charge in [0, 0.05) is 17.3 Å². The second-order valence-corrected chi connectivity index (χ2v) is 5.77. The van der Waals surface area contributed by atoms with Crippen molar-refractivity contribution in [1.82, 2.24) is 5.32 Å². The largest absolute Gasteiger partial charge is 0.355 e. The highest BCUT2D eigenvalue weighted by molar-refractivity contribution is 6.31. The number of benzene rings is 2. The molecule has 2 aromatic carbocycles. The molecule has 0 atom stereocenters. The molecular weight excluding hydrogens is 331 g/mol. The molecule has 2 rings (SSSR count). The maximum Gasteiger partial charge on any atom is 0.233 e.